The fourth-order valence-corrected chi connectivity index (χ4v) is 2.16. The van der Waals surface area contributed by atoms with Crippen LogP contribution in [0.2, 0.25) is 0 Å². The molecule has 0 unspecified atom stereocenters. The molecule has 1 aromatic carbocycles. The van der Waals surface area contributed by atoms with Crippen LogP contribution in [0.5, 0.6) is 11.5 Å². The monoisotopic (exact) mass is 385 g/mol. The van der Waals surface area contributed by atoms with E-state index in [9.17, 15) is 0 Å². The highest BCUT2D eigenvalue weighted by atomic mass is 16.5. The van der Waals surface area contributed by atoms with Crippen LogP contribution in [0.1, 0.15) is 6.92 Å². The van der Waals surface area contributed by atoms with Crippen molar-refractivity contribution in [3.05, 3.63) is 24.3 Å². The van der Waals surface area contributed by atoms with Crippen LogP contribution in [0.4, 0.5) is 0 Å². The molecule has 152 valence electrons. The summed E-state index contributed by atoms with van der Waals surface area (Å²) in [6.07, 6.45) is 0. The largest absolute Gasteiger partial charge is 0.494 e. The Hall–Kier alpha value is -2.36. The Labute approximate surface area is 158 Å². The maximum atomic E-state index is 9.10. The van der Waals surface area contributed by atoms with Gasteiger partial charge in [-0.1, -0.05) is 6.07 Å². The summed E-state index contributed by atoms with van der Waals surface area (Å²) in [6, 6.07) is 7.68. The van der Waals surface area contributed by atoms with Crippen LogP contribution < -0.4 is 9.47 Å². The average Bonchev–Trinajstić information content (AvgIpc) is 2.66. The minimum atomic E-state index is -1.82. The van der Waals surface area contributed by atoms with Crippen LogP contribution in [0.25, 0.3) is 0 Å². The van der Waals surface area contributed by atoms with E-state index in [2.05, 4.69) is 4.90 Å². The molecule has 1 aromatic rings. The number of aliphatic carboxylic acids is 2. The van der Waals surface area contributed by atoms with Gasteiger partial charge in [0.2, 0.25) is 0 Å². The third-order valence-electron chi connectivity index (χ3n) is 3.45. The SMILES string of the molecule is CCOc1cccc(OCCOCCN2CCOCC2)c1.O=C(O)C(=O)O. The highest BCUT2D eigenvalue weighted by Gasteiger charge is 2.09. The molecule has 27 heavy (non-hydrogen) atoms. The lowest BCUT2D eigenvalue weighted by molar-refractivity contribution is -0.159. The predicted octanol–water partition coefficient (Wildman–Crippen LogP) is 0.969. The van der Waals surface area contributed by atoms with E-state index >= 15 is 0 Å². The van der Waals surface area contributed by atoms with Crippen molar-refractivity contribution in [2.24, 2.45) is 0 Å². The van der Waals surface area contributed by atoms with Gasteiger partial charge in [-0.3, -0.25) is 4.90 Å². The Morgan fingerprint density at radius 2 is 1.67 bits per heavy atom. The molecule has 1 aliphatic rings. The van der Waals surface area contributed by atoms with E-state index in [0.29, 0.717) is 19.8 Å². The Balaban J connectivity index is 0.000000527. The average molecular weight is 385 g/mol. The normalized spacial score (nSPS) is 14.0. The molecule has 9 nitrogen and oxygen atoms in total. The van der Waals surface area contributed by atoms with E-state index in [1.54, 1.807) is 0 Å². The zero-order chi connectivity index (χ0) is 19.9. The zero-order valence-corrected chi connectivity index (χ0v) is 15.5. The number of carbonyl (C=O) groups is 2. The van der Waals surface area contributed by atoms with Gasteiger partial charge < -0.3 is 29.2 Å². The molecular formula is C18H27NO8. The van der Waals surface area contributed by atoms with Crippen molar-refractivity contribution >= 4 is 11.9 Å². The van der Waals surface area contributed by atoms with E-state index in [1.165, 1.54) is 0 Å². The van der Waals surface area contributed by atoms with Gasteiger partial charge in [-0.25, -0.2) is 9.59 Å². The number of hydrogen-bond donors (Lipinski definition) is 2. The second kappa shape index (κ2) is 13.8. The number of benzene rings is 1. The summed E-state index contributed by atoms with van der Waals surface area (Å²) in [5.41, 5.74) is 0. The quantitative estimate of drug-likeness (QED) is 0.474. The molecule has 1 heterocycles. The summed E-state index contributed by atoms with van der Waals surface area (Å²) in [6.45, 7) is 9.16. The highest BCUT2D eigenvalue weighted by Crippen LogP contribution is 2.19. The summed E-state index contributed by atoms with van der Waals surface area (Å²) in [5, 5.41) is 14.8. The number of carboxylic acids is 2. The fourth-order valence-electron chi connectivity index (χ4n) is 2.16. The van der Waals surface area contributed by atoms with Crippen molar-refractivity contribution in [3.8, 4) is 11.5 Å². The van der Waals surface area contributed by atoms with Crippen LogP contribution in [0.15, 0.2) is 24.3 Å². The molecule has 0 amide bonds. The van der Waals surface area contributed by atoms with Crippen molar-refractivity contribution in [1.82, 2.24) is 4.90 Å². The van der Waals surface area contributed by atoms with Gasteiger partial charge in [-0.2, -0.15) is 0 Å². The van der Waals surface area contributed by atoms with Crippen LogP contribution in [-0.2, 0) is 19.1 Å². The van der Waals surface area contributed by atoms with Gasteiger partial charge in [-0.05, 0) is 19.1 Å². The first-order valence-corrected chi connectivity index (χ1v) is 8.72. The van der Waals surface area contributed by atoms with Gasteiger partial charge in [0, 0.05) is 25.7 Å². The number of morpholine rings is 1. The number of hydrogen-bond acceptors (Lipinski definition) is 7. The number of ether oxygens (including phenoxy) is 4. The molecule has 2 rings (SSSR count). The van der Waals surface area contributed by atoms with Gasteiger partial charge in [0.25, 0.3) is 0 Å². The molecule has 0 radical (unpaired) electrons. The molecule has 1 saturated heterocycles. The second-order valence-electron chi connectivity index (χ2n) is 5.43. The Morgan fingerprint density at radius 1 is 1.04 bits per heavy atom. The van der Waals surface area contributed by atoms with Crippen molar-refractivity contribution in [1.29, 1.82) is 0 Å². The van der Waals surface area contributed by atoms with Crippen LogP contribution in [0.3, 0.4) is 0 Å². The molecule has 0 spiro atoms. The van der Waals surface area contributed by atoms with Gasteiger partial charge >= 0.3 is 11.9 Å². The molecule has 0 aromatic heterocycles. The van der Waals surface area contributed by atoms with Crippen molar-refractivity contribution in [2.75, 3.05) is 59.3 Å². The van der Waals surface area contributed by atoms with Gasteiger partial charge in [0.05, 0.1) is 33.0 Å². The lowest BCUT2D eigenvalue weighted by Crippen LogP contribution is -2.38. The molecule has 1 fully saturated rings. The van der Waals surface area contributed by atoms with Crippen LogP contribution in [0, 0.1) is 0 Å². The first kappa shape index (κ1) is 22.7. The Kier molecular flexibility index (Phi) is 11.6. The maximum absolute atomic E-state index is 9.10. The van der Waals surface area contributed by atoms with Gasteiger partial charge in [0.15, 0.2) is 0 Å². The van der Waals surface area contributed by atoms with Crippen molar-refractivity contribution < 1.29 is 38.7 Å². The molecule has 0 bridgehead atoms. The second-order valence-corrected chi connectivity index (χ2v) is 5.43. The topological polar surface area (TPSA) is 115 Å². The maximum Gasteiger partial charge on any atom is 0.414 e. The molecule has 0 aliphatic carbocycles. The summed E-state index contributed by atoms with van der Waals surface area (Å²) in [7, 11) is 0. The standard InChI is InChI=1S/C16H25NO4.C2H2O4/c1-2-20-15-4-3-5-16(14-15)21-13-12-19-11-8-17-6-9-18-10-7-17;3-1(4)2(5)6/h3-5,14H,2,6-13H2,1H3;(H,3,4)(H,5,6). The minimum Gasteiger partial charge on any atom is -0.494 e. The molecule has 2 N–H and O–H groups in total. The molecule has 0 atom stereocenters. The Morgan fingerprint density at radius 3 is 2.26 bits per heavy atom. The summed E-state index contributed by atoms with van der Waals surface area (Å²) in [5.74, 6) is -1.99. The first-order valence-electron chi connectivity index (χ1n) is 8.72. The molecular weight excluding hydrogens is 358 g/mol. The number of carboxylic acid groups (broad SMARTS) is 2. The first-order chi connectivity index (χ1) is 13.0. The fraction of sp³-hybridized carbons (Fsp3) is 0.556. The van der Waals surface area contributed by atoms with E-state index in [1.807, 2.05) is 31.2 Å². The van der Waals surface area contributed by atoms with Crippen LogP contribution in [-0.4, -0.2) is 86.3 Å². The third kappa shape index (κ3) is 11.1. The summed E-state index contributed by atoms with van der Waals surface area (Å²) < 4.78 is 22.0. The lowest BCUT2D eigenvalue weighted by atomic mass is 10.3. The summed E-state index contributed by atoms with van der Waals surface area (Å²) >= 11 is 0. The minimum absolute atomic E-state index is 0.554. The third-order valence-corrected chi connectivity index (χ3v) is 3.45. The molecule has 9 heteroatoms. The van der Waals surface area contributed by atoms with E-state index in [-0.39, 0.29) is 0 Å². The van der Waals surface area contributed by atoms with E-state index < -0.39 is 11.9 Å². The lowest BCUT2D eigenvalue weighted by Gasteiger charge is -2.26. The van der Waals surface area contributed by atoms with Gasteiger partial charge in [-0.15, -0.1) is 0 Å². The van der Waals surface area contributed by atoms with Crippen molar-refractivity contribution in [2.45, 2.75) is 6.92 Å². The van der Waals surface area contributed by atoms with Crippen LogP contribution >= 0.6 is 0 Å². The smallest absolute Gasteiger partial charge is 0.414 e. The highest BCUT2D eigenvalue weighted by molar-refractivity contribution is 6.27. The van der Waals surface area contributed by atoms with E-state index in [0.717, 1.165) is 51.0 Å². The molecule has 1 aliphatic heterocycles. The number of nitrogens with zero attached hydrogens (tertiary/aromatic N) is 1. The summed E-state index contributed by atoms with van der Waals surface area (Å²) in [4.78, 5) is 20.6. The number of rotatable bonds is 9. The van der Waals surface area contributed by atoms with Crippen molar-refractivity contribution in [3.63, 3.8) is 0 Å². The van der Waals surface area contributed by atoms with E-state index in [4.69, 9.17) is 38.7 Å². The van der Waals surface area contributed by atoms with Gasteiger partial charge in [0.1, 0.15) is 18.1 Å². The predicted molar refractivity (Wildman–Crippen MR) is 96.5 cm³/mol. The zero-order valence-electron chi connectivity index (χ0n) is 15.5. The Bertz CT molecular complexity index is 548. The molecule has 0 saturated carbocycles.